The average molecular weight is 556 g/mol. The third-order valence-electron chi connectivity index (χ3n) is 6.61. The second-order valence-corrected chi connectivity index (χ2v) is 10.5. The summed E-state index contributed by atoms with van der Waals surface area (Å²) in [6.45, 7) is -0.0404. The summed E-state index contributed by atoms with van der Waals surface area (Å²) in [5.41, 5.74) is 3.96. The molecule has 0 saturated carbocycles. The van der Waals surface area contributed by atoms with E-state index in [0.29, 0.717) is 28.3 Å². The van der Waals surface area contributed by atoms with Crippen LogP contribution in [0.4, 0.5) is 5.69 Å². The van der Waals surface area contributed by atoms with E-state index in [1.807, 2.05) is 72.8 Å². The van der Waals surface area contributed by atoms with Crippen molar-refractivity contribution in [2.75, 3.05) is 11.1 Å². The van der Waals surface area contributed by atoms with Crippen molar-refractivity contribution in [3.63, 3.8) is 0 Å². The smallest absolute Gasteiger partial charge is 0.336 e. The van der Waals surface area contributed by atoms with Gasteiger partial charge in [0.1, 0.15) is 0 Å². The van der Waals surface area contributed by atoms with Gasteiger partial charge in [-0.3, -0.25) is 4.79 Å². The van der Waals surface area contributed by atoms with Crippen LogP contribution in [0.2, 0.25) is 0 Å². The molecule has 7 nitrogen and oxygen atoms in total. The minimum atomic E-state index is -0.968. The van der Waals surface area contributed by atoms with Gasteiger partial charge in [0.05, 0.1) is 24.4 Å². The lowest BCUT2D eigenvalue weighted by atomic mass is 10.0. The first-order chi connectivity index (χ1) is 19.5. The van der Waals surface area contributed by atoms with E-state index in [4.69, 9.17) is 9.47 Å². The van der Waals surface area contributed by atoms with E-state index in [1.165, 1.54) is 11.8 Å². The number of ether oxygens (including phenoxy) is 2. The van der Waals surface area contributed by atoms with Gasteiger partial charge in [-0.2, -0.15) is 0 Å². The second kappa shape index (κ2) is 12.9. The number of hydrogen-bond donors (Lipinski definition) is 3. The maximum Gasteiger partial charge on any atom is 0.336 e. The maximum absolute atomic E-state index is 12.7. The first-order valence-electron chi connectivity index (χ1n) is 12.9. The Balaban J connectivity index is 1.37. The van der Waals surface area contributed by atoms with Crippen LogP contribution >= 0.6 is 11.8 Å². The Kier molecular flexibility index (Phi) is 8.93. The number of carboxylic acid groups (broad SMARTS) is 1. The number of aliphatic hydroxyl groups excluding tert-OH is 1. The number of carboxylic acids is 1. The fourth-order valence-corrected chi connectivity index (χ4v) is 5.60. The topological polar surface area (TPSA) is 105 Å². The molecule has 3 N–H and O–H groups in total. The van der Waals surface area contributed by atoms with Gasteiger partial charge in [0.2, 0.25) is 0 Å². The van der Waals surface area contributed by atoms with E-state index in [-0.39, 0.29) is 30.3 Å². The summed E-state index contributed by atoms with van der Waals surface area (Å²) >= 11 is 1.44. The molecular weight excluding hydrogens is 526 g/mol. The number of carbonyl (C=O) groups is 2. The maximum atomic E-state index is 12.7. The minimum absolute atomic E-state index is 0.0404. The van der Waals surface area contributed by atoms with E-state index in [9.17, 15) is 19.8 Å². The molecule has 0 aromatic heterocycles. The summed E-state index contributed by atoms with van der Waals surface area (Å²) in [6, 6.07) is 30.9. The number of rotatable bonds is 9. The van der Waals surface area contributed by atoms with E-state index < -0.39 is 12.3 Å². The summed E-state index contributed by atoms with van der Waals surface area (Å²) in [5, 5.41) is 22.0. The number of anilines is 1. The fourth-order valence-electron chi connectivity index (χ4n) is 4.53. The van der Waals surface area contributed by atoms with Crippen molar-refractivity contribution in [3.05, 3.63) is 131 Å². The Morgan fingerprint density at radius 3 is 2.35 bits per heavy atom. The Labute approximate surface area is 236 Å². The second-order valence-electron chi connectivity index (χ2n) is 9.41. The van der Waals surface area contributed by atoms with Crippen molar-refractivity contribution in [1.82, 2.24) is 0 Å². The lowest BCUT2D eigenvalue weighted by Crippen LogP contribution is -2.31. The standard InChI is InChI=1S/C32H29NO6S/c34-19-21-13-15-22(16-14-21)28-18-26(20-40-29-12-5-4-11-27(29)31(36)37)38-32(39-28)24-9-6-10-25(17-24)33-30(35)23-7-2-1-3-8-23/h1-17,26,28,32,34H,18-20H2,(H,33,35)(H,36,37)/t26-,28+,32+/m1/s1. The number of aromatic carboxylic acids is 1. The summed E-state index contributed by atoms with van der Waals surface area (Å²) < 4.78 is 12.8. The van der Waals surface area contributed by atoms with Crippen LogP contribution in [0.3, 0.4) is 0 Å². The molecule has 0 unspecified atom stereocenters. The molecule has 40 heavy (non-hydrogen) atoms. The van der Waals surface area contributed by atoms with Crippen LogP contribution in [0.5, 0.6) is 0 Å². The van der Waals surface area contributed by atoms with Crippen molar-refractivity contribution >= 4 is 29.3 Å². The number of aliphatic hydroxyl groups is 1. The van der Waals surface area contributed by atoms with Crippen LogP contribution < -0.4 is 5.32 Å². The molecule has 1 fully saturated rings. The van der Waals surface area contributed by atoms with Crippen molar-refractivity contribution in [2.24, 2.45) is 0 Å². The van der Waals surface area contributed by atoms with Crippen molar-refractivity contribution in [3.8, 4) is 0 Å². The van der Waals surface area contributed by atoms with Gasteiger partial charge in [-0.15, -0.1) is 11.8 Å². The number of carbonyl (C=O) groups excluding carboxylic acids is 1. The highest BCUT2D eigenvalue weighted by Gasteiger charge is 2.32. The number of amides is 1. The molecule has 0 aliphatic carbocycles. The molecule has 1 heterocycles. The summed E-state index contributed by atoms with van der Waals surface area (Å²) in [6.07, 6.45) is -0.656. The van der Waals surface area contributed by atoms with Gasteiger partial charge in [-0.25, -0.2) is 4.79 Å². The third kappa shape index (κ3) is 6.78. The monoisotopic (exact) mass is 555 g/mol. The Bertz CT molecular complexity index is 1460. The summed E-state index contributed by atoms with van der Waals surface area (Å²) in [7, 11) is 0. The quantitative estimate of drug-likeness (QED) is 0.203. The summed E-state index contributed by atoms with van der Waals surface area (Å²) in [4.78, 5) is 25.1. The van der Waals surface area contributed by atoms with Gasteiger partial charge >= 0.3 is 5.97 Å². The molecular formula is C32H29NO6S. The van der Waals surface area contributed by atoms with Crippen molar-refractivity contribution in [1.29, 1.82) is 0 Å². The van der Waals surface area contributed by atoms with E-state index in [0.717, 1.165) is 16.7 Å². The highest BCUT2D eigenvalue weighted by Crippen LogP contribution is 2.40. The Hall–Kier alpha value is -3.95. The number of thioether (sulfide) groups is 1. The Morgan fingerprint density at radius 1 is 0.850 bits per heavy atom. The molecule has 4 aromatic rings. The van der Waals surface area contributed by atoms with E-state index in [2.05, 4.69) is 5.32 Å². The van der Waals surface area contributed by atoms with Crippen molar-refractivity contribution < 1.29 is 29.3 Å². The number of nitrogens with one attached hydrogen (secondary N) is 1. The van der Waals surface area contributed by atoms with Gasteiger partial charge in [0.15, 0.2) is 6.29 Å². The predicted octanol–water partition coefficient (Wildman–Crippen LogP) is 6.47. The SMILES string of the molecule is O=C(Nc1cccc([C@H]2O[C@@H](CSc3ccccc3C(=O)O)C[C@@H](c3ccc(CO)cc3)O2)c1)c1ccccc1. The first kappa shape index (κ1) is 27.6. The minimum Gasteiger partial charge on any atom is -0.478 e. The molecule has 4 aromatic carbocycles. The molecule has 3 atom stereocenters. The average Bonchev–Trinajstić information content (AvgIpc) is 3.00. The van der Waals surface area contributed by atoms with Crippen LogP contribution in [0.1, 0.15) is 56.2 Å². The lowest BCUT2D eigenvalue weighted by molar-refractivity contribution is -0.245. The summed E-state index contributed by atoms with van der Waals surface area (Å²) in [5.74, 6) is -0.652. The highest BCUT2D eigenvalue weighted by molar-refractivity contribution is 7.99. The zero-order chi connectivity index (χ0) is 27.9. The third-order valence-corrected chi connectivity index (χ3v) is 7.82. The molecule has 5 rings (SSSR count). The predicted molar refractivity (Wildman–Crippen MR) is 153 cm³/mol. The molecule has 1 saturated heterocycles. The van der Waals surface area contributed by atoms with E-state index >= 15 is 0 Å². The highest BCUT2D eigenvalue weighted by atomic mass is 32.2. The van der Waals surface area contributed by atoms with Crippen LogP contribution in [0, 0.1) is 0 Å². The molecule has 1 aliphatic heterocycles. The number of benzene rings is 4. The van der Waals surface area contributed by atoms with Crippen LogP contribution in [0.25, 0.3) is 0 Å². The van der Waals surface area contributed by atoms with Gasteiger partial charge in [-0.05, 0) is 47.5 Å². The molecule has 1 aliphatic rings. The first-order valence-corrected chi connectivity index (χ1v) is 13.9. The zero-order valence-corrected chi connectivity index (χ0v) is 22.4. The molecule has 0 radical (unpaired) electrons. The zero-order valence-electron chi connectivity index (χ0n) is 21.6. The molecule has 8 heteroatoms. The van der Waals surface area contributed by atoms with Gasteiger partial charge in [-0.1, -0.05) is 66.7 Å². The normalized spacial score (nSPS) is 18.7. The van der Waals surface area contributed by atoms with Crippen LogP contribution in [-0.2, 0) is 16.1 Å². The molecule has 1 amide bonds. The Morgan fingerprint density at radius 2 is 1.60 bits per heavy atom. The van der Waals surface area contributed by atoms with Gasteiger partial charge in [0.25, 0.3) is 5.91 Å². The largest absolute Gasteiger partial charge is 0.478 e. The van der Waals surface area contributed by atoms with Gasteiger partial charge < -0.3 is 25.0 Å². The number of hydrogen-bond acceptors (Lipinski definition) is 6. The van der Waals surface area contributed by atoms with Gasteiger partial charge in [0, 0.05) is 33.9 Å². The molecule has 0 spiro atoms. The van der Waals surface area contributed by atoms with Crippen LogP contribution in [0.15, 0.2) is 108 Å². The van der Waals surface area contributed by atoms with E-state index in [1.54, 1.807) is 30.3 Å². The molecule has 204 valence electrons. The fraction of sp³-hybridized carbons (Fsp3) is 0.188. The van der Waals surface area contributed by atoms with Crippen LogP contribution in [-0.4, -0.2) is 33.9 Å². The lowest BCUT2D eigenvalue weighted by Gasteiger charge is -2.36. The molecule has 0 bridgehead atoms. The van der Waals surface area contributed by atoms with Crippen molar-refractivity contribution in [2.45, 2.75) is 36.4 Å².